The molecular formula is C31H50O3. The van der Waals surface area contributed by atoms with Crippen LogP contribution >= 0.6 is 0 Å². The van der Waals surface area contributed by atoms with E-state index in [1.54, 1.807) is 5.57 Å². The number of fused-ring (bicyclic) bond motifs is 7. The molecule has 192 valence electrons. The molecule has 34 heavy (non-hydrogen) atoms. The van der Waals surface area contributed by atoms with Crippen LogP contribution in [0.5, 0.6) is 0 Å². The maximum atomic E-state index is 13.2. The van der Waals surface area contributed by atoms with E-state index in [9.17, 15) is 15.0 Å². The molecule has 0 radical (unpaired) electrons. The highest BCUT2D eigenvalue weighted by atomic mass is 16.4. The molecule has 4 saturated carbocycles. The number of carboxylic acid groups (broad SMARTS) is 1. The van der Waals surface area contributed by atoms with Crippen LogP contribution in [0.25, 0.3) is 0 Å². The van der Waals surface area contributed by atoms with Crippen LogP contribution in [-0.2, 0) is 4.79 Å². The van der Waals surface area contributed by atoms with E-state index in [0.29, 0.717) is 36.0 Å². The molecular weight excluding hydrogens is 420 g/mol. The van der Waals surface area contributed by atoms with Gasteiger partial charge in [0.05, 0.1) is 11.5 Å². The molecule has 0 heterocycles. The molecule has 5 rings (SSSR count). The van der Waals surface area contributed by atoms with Gasteiger partial charge in [0, 0.05) is 5.41 Å². The second kappa shape index (κ2) is 7.14. The summed E-state index contributed by atoms with van der Waals surface area (Å²) >= 11 is 0. The number of aliphatic carboxylic acids is 1. The third kappa shape index (κ3) is 2.57. The molecule has 0 aromatic rings. The van der Waals surface area contributed by atoms with Crippen molar-refractivity contribution in [1.82, 2.24) is 0 Å². The van der Waals surface area contributed by atoms with Gasteiger partial charge in [-0.15, -0.1) is 0 Å². The van der Waals surface area contributed by atoms with Crippen molar-refractivity contribution in [3.8, 4) is 0 Å². The molecule has 0 aliphatic heterocycles. The molecule has 5 aliphatic rings. The first-order valence-electron chi connectivity index (χ1n) is 14.2. The number of carboxylic acids is 1. The normalized spacial score (nSPS) is 56.3. The van der Waals surface area contributed by atoms with E-state index < -0.39 is 22.9 Å². The van der Waals surface area contributed by atoms with Crippen molar-refractivity contribution in [2.75, 3.05) is 0 Å². The summed E-state index contributed by atoms with van der Waals surface area (Å²) < 4.78 is 0. The maximum Gasteiger partial charge on any atom is 0.310 e. The van der Waals surface area contributed by atoms with Gasteiger partial charge in [-0.25, -0.2) is 0 Å². The molecule has 5 aliphatic carbocycles. The van der Waals surface area contributed by atoms with Crippen molar-refractivity contribution in [3.63, 3.8) is 0 Å². The zero-order valence-corrected chi connectivity index (χ0v) is 23.1. The summed E-state index contributed by atoms with van der Waals surface area (Å²) in [4.78, 5) is 13.2. The van der Waals surface area contributed by atoms with Gasteiger partial charge < -0.3 is 10.2 Å². The van der Waals surface area contributed by atoms with Crippen LogP contribution in [0, 0.1) is 56.2 Å². The molecule has 3 heteroatoms. The molecule has 0 saturated heterocycles. The molecule has 2 N–H and O–H groups in total. The molecule has 3 nitrogen and oxygen atoms in total. The summed E-state index contributed by atoms with van der Waals surface area (Å²) in [5.41, 5.74) is 0.577. The monoisotopic (exact) mass is 470 g/mol. The number of allylic oxidation sites excluding steroid dienone is 2. The first-order valence-corrected chi connectivity index (χ1v) is 14.2. The van der Waals surface area contributed by atoms with Gasteiger partial charge in [-0.2, -0.15) is 0 Å². The predicted molar refractivity (Wildman–Crippen MR) is 137 cm³/mol. The topological polar surface area (TPSA) is 57.5 Å². The number of carbonyl (C=O) groups is 1. The summed E-state index contributed by atoms with van der Waals surface area (Å²) in [5.74, 6) is 1.82. The molecule has 0 aromatic heterocycles. The third-order valence-electron chi connectivity index (χ3n) is 14.1. The Hall–Kier alpha value is -0.830. The van der Waals surface area contributed by atoms with Crippen LogP contribution in [0.2, 0.25) is 0 Å². The minimum absolute atomic E-state index is 0.102. The number of hydrogen-bond donors (Lipinski definition) is 2. The fourth-order valence-electron chi connectivity index (χ4n) is 11.4. The Balaban J connectivity index is 1.66. The van der Waals surface area contributed by atoms with Crippen molar-refractivity contribution in [2.24, 2.45) is 56.2 Å². The minimum atomic E-state index is -0.876. The zero-order valence-electron chi connectivity index (χ0n) is 23.1. The summed E-state index contributed by atoms with van der Waals surface area (Å²) in [7, 11) is 0. The van der Waals surface area contributed by atoms with Crippen LogP contribution in [0.1, 0.15) is 113 Å². The number of hydrogen-bond acceptors (Lipinski definition) is 2. The van der Waals surface area contributed by atoms with Crippen molar-refractivity contribution < 1.29 is 15.0 Å². The highest BCUT2D eigenvalue weighted by Crippen LogP contribution is 2.78. The van der Waals surface area contributed by atoms with Crippen LogP contribution in [0.4, 0.5) is 0 Å². The molecule has 0 spiro atoms. The summed E-state index contributed by atoms with van der Waals surface area (Å²) in [6.45, 7) is 19.0. The molecule has 0 amide bonds. The van der Waals surface area contributed by atoms with Gasteiger partial charge >= 0.3 is 5.97 Å². The summed E-state index contributed by atoms with van der Waals surface area (Å²) in [5, 5.41) is 21.9. The van der Waals surface area contributed by atoms with Crippen LogP contribution in [0.3, 0.4) is 0 Å². The van der Waals surface area contributed by atoms with Crippen LogP contribution < -0.4 is 0 Å². The van der Waals surface area contributed by atoms with E-state index >= 15 is 0 Å². The Kier molecular flexibility index (Phi) is 5.22. The van der Waals surface area contributed by atoms with Gasteiger partial charge in [0.2, 0.25) is 0 Å². The first kappa shape index (κ1) is 24.8. The summed E-state index contributed by atoms with van der Waals surface area (Å²) in [6.07, 6.45) is 11.5. The lowest BCUT2D eigenvalue weighted by Gasteiger charge is -2.73. The van der Waals surface area contributed by atoms with Crippen LogP contribution in [0.15, 0.2) is 11.6 Å². The Morgan fingerprint density at radius 1 is 0.882 bits per heavy atom. The third-order valence-corrected chi connectivity index (χ3v) is 14.1. The predicted octanol–water partition coefficient (Wildman–Crippen LogP) is 7.48. The minimum Gasteiger partial charge on any atom is -0.481 e. The quantitative estimate of drug-likeness (QED) is 0.391. The lowest BCUT2D eigenvalue weighted by atomic mass is 9.30. The Labute approximate surface area is 208 Å². The van der Waals surface area contributed by atoms with Gasteiger partial charge in [-0.05, 0) is 103 Å². The average Bonchev–Trinajstić information content (AvgIpc) is 2.75. The molecule has 0 aromatic carbocycles. The van der Waals surface area contributed by atoms with E-state index in [1.165, 1.54) is 25.7 Å². The SMILES string of the molecule is C[C@H]1[C@H](C)CC[C@]2(C)CC[C@]3(C)C(=CC[C@@H]4[C@@]5(C)CC[C@H](O)C(C)(C)C5(C(=O)O)CC[C@]43C)[C@H]12. The van der Waals surface area contributed by atoms with E-state index in [4.69, 9.17) is 0 Å². The van der Waals surface area contributed by atoms with E-state index in [1.807, 2.05) is 13.8 Å². The fourth-order valence-corrected chi connectivity index (χ4v) is 11.4. The Bertz CT molecular complexity index is 920. The molecule has 4 fully saturated rings. The largest absolute Gasteiger partial charge is 0.481 e. The van der Waals surface area contributed by atoms with Crippen molar-refractivity contribution >= 4 is 5.97 Å². The van der Waals surface area contributed by atoms with Gasteiger partial charge in [0.15, 0.2) is 0 Å². The zero-order chi connectivity index (χ0) is 25.1. The Morgan fingerprint density at radius 2 is 1.56 bits per heavy atom. The molecule has 1 unspecified atom stereocenters. The second-order valence-corrected chi connectivity index (χ2v) is 15.1. The van der Waals surface area contributed by atoms with Crippen molar-refractivity contribution in [1.29, 1.82) is 0 Å². The highest BCUT2D eigenvalue weighted by molar-refractivity contribution is 5.78. The van der Waals surface area contributed by atoms with Crippen molar-refractivity contribution in [3.05, 3.63) is 11.6 Å². The van der Waals surface area contributed by atoms with E-state index in [-0.39, 0.29) is 16.2 Å². The highest BCUT2D eigenvalue weighted by Gasteiger charge is 2.75. The fraction of sp³-hybridized carbons (Fsp3) is 0.903. The number of aliphatic hydroxyl groups is 1. The smallest absolute Gasteiger partial charge is 0.310 e. The Morgan fingerprint density at radius 3 is 2.21 bits per heavy atom. The van der Waals surface area contributed by atoms with Gasteiger partial charge in [-0.1, -0.05) is 67.0 Å². The lowest BCUT2D eigenvalue weighted by molar-refractivity contribution is -0.258. The lowest BCUT2D eigenvalue weighted by Crippen LogP contribution is -2.71. The van der Waals surface area contributed by atoms with E-state index in [2.05, 4.69) is 47.6 Å². The van der Waals surface area contributed by atoms with E-state index in [0.717, 1.165) is 25.2 Å². The van der Waals surface area contributed by atoms with Crippen molar-refractivity contribution in [2.45, 2.75) is 119 Å². The standard InChI is InChI=1S/C31H50O3/c1-19-11-13-27(5)15-16-28(6)21(24(27)20(19)2)9-10-22-29(28,7)17-18-31(25(33)34)26(3,4)23(32)12-14-30(22,31)8/h9,19-20,22-24,32H,10-18H2,1-8H3,(H,33,34)/t19-,20+,22+,23+,24+,27-,28-,29-,30-,31?/m1/s1. The number of rotatable bonds is 1. The van der Waals surface area contributed by atoms with Gasteiger partial charge in [0.25, 0.3) is 0 Å². The first-order chi connectivity index (χ1) is 15.6. The molecule has 10 atom stereocenters. The van der Waals surface area contributed by atoms with Gasteiger partial charge in [-0.3, -0.25) is 4.79 Å². The maximum absolute atomic E-state index is 13.2. The van der Waals surface area contributed by atoms with Crippen LogP contribution in [-0.4, -0.2) is 22.3 Å². The average molecular weight is 471 g/mol. The second-order valence-electron chi connectivity index (χ2n) is 15.1. The molecule has 0 bridgehead atoms. The van der Waals surface area contributed by atoms with Gasteiger partial charge in [0.1, 0.15) is 0 Å². The number of aliphatic hydroxyl groups excluding tert-OH is 1. The summed E-state index contributed by atoms with van der Waals surface area (Å²) in [6, 6.07) is 0.